The normalized spacial score (nSPS) is 18.4. The number of imide groups is 1. The highest BCUT2D eigenvalue weighted by Gasteiger charge is 2.44. The van der Waals surface area contributed by atoms with Crippen LogP contribution < -0.4 is 0 Å². The Kier molecular flexibility index (Phi) is 4.23. The molecule has 0 atom stereocenters. The fourth-order valence-corrected chi connectivity index (χ4v) is 2.27. The summed E-state index contributed by atoms with van der Waals surface area (Å²) in [5, 5.41) is 8.55. The van der Waals surface area contributed by atoms with Gasteiger partial charge in [-0.15, -0.1) is 0 Å². The number of hydrogen-bond acceptors (Lipinski definition) is 4. The molecule has 2 aliphatic rings. The molecular formula is C13H18N4O3. The second-order valence-electron chi connectivity index (χ2n) is 5.00. The number of amides is 4. The minimum Gasteiger partial charge on any atom is -0.340 e. The van der Waals surface area contributed by atoms with Crippen molar-refractivity contribution in [2.75, 3.05) is 26.2 Å². The van der Waals surface area contributed by atoms with Crippen LogP contribution in [-0.4, -0.2) is 64.8 Å². The molecule has 0 N–H and O–H groups in total. The summed E-state index contributed by atoms with van der Waals surface area (Å²) in [5.74, 6) is -0.603. The highest BCUT2D eigenvalue weighted by molar-refractivity contribution is 6.04. The zero-order chi connectivity index (χ0) is 14.7. The number of carbonyl (C=O) groups excluding carboxylic acids is 3. The molecule has 0 aromatic carbocycles. The summed E-state index contributed by atoms with van der Waals surface area (Å²) in [7, 11) is 0. The fourth-order valence-electron chi connectivity index (χ4n) is 2.27. The summed E-state index contributed by atoms with van der Waals surface area (Å²) in [4.78, 5) is 40.0. The lowest BCUT2D eigenvalue weighted by molar-refractivity contribution is -0.136. The van der Waals surface area contributed by atoms with Crippen LogP contribution in [0.5, 0.6) is 0 Å². The molecule has 0 aromatic rings. The van der Waals surface area contributed by atoms with Crippen molar-refractivity contribution in [2.45, 2.75) is 32.2 Å². The zero-order valence-electron chi connectivity index (χ0n) is 11.5. The van der Waals surface area contributed by atoms with Gasteiger partial charge in [0.15, 0.2) is 0 Å². The first kappa shape index (κ1) is 14.3. The molecule has 0 unspecified atom stereocenters. The van der Waals surface area contributed by atoms with Gasteiger partial charge in [0.05, 0.1) is 12.5 Å². The minimum atomic E-state index is -0.359. The Hall–Kier alpha value is -2.10. The maximum absolute atomic E-state index is 12.1. The van der Waals surface area contributed by atoms with E-state index in [1.165, 1.54) is 4.90 Å². The lowest BCUT2D eigenvalue weighted by Crippen LogP contribution is -2.44. The lowest BCUT2D eigenvalue weighted by Gasteiger charge is -2.22. The average Bonchev–Trinajstić information content (AvgIpc) is 3.22. The quantitative estimate of drug-likeness (QED) is 0.648. The second-order valence-corrected chi connectivity index (χ2v) is 5.00. The predicted octanol–water partition coefficient (Wildman–Crippen LogP) is 0.175. The summed E-state index contributed by atoms with van der Waals surface area (Å²) in [6, 6.07) is 1.79. The standard InChI is InChI=1S/C13H18N4O3/c1-2-15(7-3-6-14)11(18)8-17-12(19)9-16(13(17)20)10-4-5-10/h10H,2-5,7-9H2,1H3. The minimum absolute atomic E-state index is 0.0844. The van der Waals surface area contributed by atoms with Crippen molar-refractivity contribution in [3.63, 3.8) is 0 Å². The van der Waals surface area contributed by atoms with E-state index < -0.39 is 0 Å². The van der Waals surface area contributed by atoms with Crippen molar-refractivity contribution in [1.29, 1.82) is 5.26 Å². The Bertz CT molecular complexity index is 467. The van der Waals surface area contributed by atoms with Crippen LogP contribution in [0.2, 0.25) is 0 Å². The number of urea groups is 1. The molecule has 2 fully saturated rings. The molecule has 1 aliphatic heterocycles. The number of nitrogens with zero attached hydrogens (tertiary/aromatic N) is 4. The first-order valence-electron chi connectivity index (χ1n) is 6.84. The van der Waals surface area contributed by atoms with Crippen molar-refractivity contribution >= 4 is 17.8 Å². The van der Waals surface area contributed by atoms with Crippen LogP contribution in [0.3, 0.4) is 0 Å². The van der Waals surface area contributed by atoms with E-state index in [0.29, 0.717) is 13.1 Å². The maximum atomic E-state index is 12.1. The van der Waals surface area contributed by atoms with Gasteiger partial charge in [0.1, 0.15) is 13.1 Å². The van der Waals surface area contributed by atoms with Gasteiger partial charge in [-0.25, -0.2) is 4.79 Å². The fraction of sp³-hybridized carbons (Fsp3) is 0.692. The maximum Gasteiger partial charge on any atom is 0.327 e. The van der Waals surface area contributed by atoms with Crippen LogP contribution in [0, 0.1) is 11.3 Å². The molecule has 1 aliphatic carbocycles. The van der Waals surface area contributed by atoms with Gasteiger partial charge < -0.3 is 9.80 Å². The Balaban J connectivity index is 1.94. The molecule has 0 aromatic heterocycles. The lowest BCUT2D eigenvalue weighted by atomic mass is 10.3. The summed E-state index contributed by atoms with van der Waals surface area (Å²) in [6.07, 6.45) is 2.11. The molecule has 0 bridgehead atoms. The van der Waals surface area contributed by atoms with Crippen LogP contribution in [-0.2, 0) is 9.59 Å². The van der Waals surface area contributed by atoms with Crippen molar-refractivity contribution < 1.29 is 14.4 Å². The van der Waals surface area contributed by atoms with Gasteiger partial charge in [-0.3, -0.25) is 14.5 Å². The highest BCUT2D eigenvalue weighted by atomic mass is 16.2. The number of nitriles is 1. The third-order valence-corrected chi connectivity index (χ3v) is 3.59. The topological polar surface area (TPSA) is 84.7 Å². The summed E-state index contributed by atoms with van der Waals surface area (Å²) in [6.45, 7) is 2.46. The van der Waals surface area contributed by atoms with Crippen molar-refractivity contribution in [3.05, 3.63) is 0 Å². The number of hydrogen-bond donors (Lipinski definition) is 0. The molecule has 2 rings (SSSR count). The molecule has 0 radical (unpaired) electrons. The van der Waals surface area contributed by atoms with E-state index >= 15 is 0 Å². The zero-order valence-corrected chi connectivity index (χ0v) is 11.5. The SMILES string of the molecule is CCN(CCC#N)C(=O)CN1C(=O)CN(C2CC2)C1=O. The van der Waals surface area contributed by atoms with E-state index in [9.17, 15) is 14.4 Å². The van der Waals surface area contributed by atoms with E-state index in [1.807, 2.05) is 6.07 Å². The molecular weight excluding hydrogens is 260 g/mol. The smallest absolute Gasteiger partial charge is 0.327 e. The van der Waals surface area contributed by atoms with Gasteiger partial charge in [0.2, 0.25) is 5.91 Å². The molecule has 4 amide bonds. The van der Waals surface area contributed by atoms with Crippen molar-refractivity contribution in [1.82, 2.24) is 14.7 Å². The van der Waals surface area contributed by atoms with Crippen LogP contribution in [0.1, 0.15) is 26.2 Å². The average molecular weight is 278 g/mol. The van der Waals surface area contributed by atoms with Gasteiger partial charge in [0.25, 0.3) is 5.91 Å². The number of rotatable bonds is 6. The molecule has 1 heterocycles. The van der Waals surface area contributed by atoms with Gasteiger partial charge in [-0.05, 0) is 19.8 Å². The van der Waals surface area contributed by atoms with Crippen LogP contribution in [0.4, 0.5) is 4.79 Å². The monoisotopic (exact) mass is 278 g/mol. The van der Waals surface area contributed by atoms with E-state index in [2.05, 4.69) is 0 Å². The molecule has 20 heavy (non-hydrogen) atoms. The van der Waals surface area contributed by atoms with Gasteiger partial charge in [-0.1, -0.05) is 0 Å². The summed E-state index contributed by atoms with van der Waals surface area (Å²) >= 11 is 0. The molecule has 108 valence electrons. The Morgan fingerprint density at radius 1 is 1.45 bits per heavy atom. The van der Waals surface area contributed by atoms with E-state index in [0.717, 1.165) is 17.7 Å². The number of carbonyl (C=O) groups is 3. The molecule has 7 heteroatoms. The second kappa shape index (κ2) is 5.90. The molecule has 1 saturated carbocycles. The summed E-state index contributed by atoms with van der Waals surface area (Å²) in [5.41, 5.74) is 0. The first-order valence-corrected chi connectivity index (χ1v) is 6.84. The van der Waals surface area contributed by atoms with E-state index in [1.54, 1.807) is 11.8 Å². The third kappa shape index (κ3) is 2.90. The Morgan fingerprint density at radius 3 is 2.70 bits per heavy atom. The number of likely N-dealkylation sites (N-methyl/N-ethyl adjacent to an activating group) is 1. The van der Waals surface area contributed by atoms with E-state index in [4.69, 9.17) is 5.26 Å². The van der Waals surface area contributed by atoms with Gasteiger partial charge in [0, 0.05) is 19.1 Å². The Labute approximate surface area is 117 Å². The van der Waals surface area contributed by atoms with Crippen molar-refractivity contribution in [2.24, 2.45) is 0 Å². The largest absolute Gasteiger partial charge is 0.340 e. The molecule has 0 spiro atoms. The van der Waals surface area contributed by atoms with Crippen LogP contribution in [0.25, 0.3) is 0 Å². The summed E-state index contributed by atoms with van der Waals surface area (Å²) < 4.78 is 0. The van der Waals surface area contributed by atoms with Gasteiger partial charge in [-0.2, -0.15) is 5.26 Å². The van der Waals surface area contributed by atoms with E-state index in [-0.39, 0.29) is 43.4 Å². The highest BCUT2D eigenvalue weighted by Crippen LogP contribution is 2.30. The van der Waals surface area contributed by atoms with Crippen LogP contribution in [0.15, 0.2) is 0 Å². The van der Waals surface area contributed by atoms with Crippen molar-refractivity contribution in [3.8, 4) is 6.07 Å². The molecule has 1 saturated heterocycles. The predicted molar refractivity (Wildman–Crippen MR) is 69.3 cm³/mol. The van der Waals surface area contributed by atoms with Crippen LogP contribution >= 0.6 is 0 Å². The van der Waals surface area contributed by atoms with Gasteiger partial charge >= 0.3 is 6.03 Å². The first-order chi connectivity index (χ1) is 9.58. The Morgan fingerprint density at radius 2 is 2.15 bits per heavy atom. The third-order valence-electron chi connectivity index (χ3n) is 3.59. The molecule has 7 nitrogen and oxygen atoms in total.